The molecule has 4 aliphatic carbocycles. The molecular formula is C21H27NO2. The Hall–Kier alpha value is -1.22. The molecule has 0 aromatic rings. The molecule has 1 N–H and O–H groups in total. The molecule has 0 saturated heterocycles. The lowest BCUT2D eigenvalue weighted by molar-refractivity contribution is -0.112. The quantitative estimate of drug-likeness (QED) is 0.742. The molecule has 3 nitrogen and oxygen atoms in total. The summed E-state index contributed by atoms with van der Waals surface area (Å²) in [5, 5.41) is 11.2. The Morgan fingerprint density at radius 3 is 2.88 bits per heavy atom. The van der Waals surface area contributed by atoms with E-state index in [-0.39, 0.29) is 28.6 Å². The molecule has 128 valence electrons. The number of aliphatic imine (C=N–C) groups is 1. The summed E-state index contributed by atoms with van der Waals surface area (Å²) in [6.07, 6.45) is 13.1. The van der Waals surface area contributed by atoms with Gasteiger partial charge in [0, 0.05) is 23.0 Å². The van der Waals surface area contributed by atoms with E-state index in [1.165, 1.54) is 18.4 Å². The Morgan fingerprint density at radius 1 is 1.25 bits per heavy atom. The molecule has 8 atom stereocenters. The summed E-state index contributed by atoms with van der Waals surface area (Å²) in [5.74, 6) is 2.21. The maximum Gasteiger partial charge on any atom is 0.178 e. The minimum atomic E-state index is -0.296. The second-order valence-electron chi connectivity index (χ2n) is 9.11. The van der Waals surface area contributed by atoms with E-state index in [2.05, 4.69) is 26.1 Å². The number of nitrogens with zero attached hydrogens (tertiary/aromatic N) is 1. The second kappa shape index (κ2) is 4.69. The van der Waals surface area contributed by atoms with Gasteiger partial charge in [0.2, 0.25) is 0 Å². The summed E-state index contributed by atoms with van der Waals surface area (Å²) in [6.45, 7) is 4.49. The van der Waals surface area contributed by atoms with E-state index < -0.39 is 0 Å². The third-order valence-electron chi connectivity index (χ3n) is 8.30. The lowest BCUT2D eigenvalue weighted by atomic mass is 9.47. The van der Waals surface area contributed by atoms with Gasteiger partial charge in [0.05, 0.1) is 12.1 Å². The van der Waals surface area contributed by atoms with Gasteiger partial charge in [-0.25, -0.2) is 0 Å². The first kappa shape index (κ1) is 15.1. The van der Waals surface area contributed by atoms with Gasteiger partial charge in [-0.1, -0.05) is 18.6 Å². The van der Waals surface area contributed by atoms with Crippen molar-refractivity contribution in [2.24, 2.45) is 39.5 Å². The molecule has 0 bridgehead atoms. The molecule has 3 fully saturated rings. The van der Waals surface area contributed by atoms with Crippen LogP contribution in [0.15, 0.2) is 28.8 Å². The summed E-state index contributed by atoms with van der Waals surface area (Å²) in [5.41, 5.74) is 1.25. The van der Waals surface area contributed by atoms with Crippen molar-refractivity contribution in [2.75, 3.05) is 0 Å². The summed E-state index contributed by atoms with van der Waals surface area (Å²) in [7, 11) is 0. The minimum Gasteiger partial charge on any atom is -0.393 e. The second-order valence-corrected chi connectivity index (χ2v) is 9.11. The predicted octanol–water partition coefficient (Wildman–Crippen LogP) is 3.33. The van der Waals surface area contributed by atoms with Gasteiger partial charge in [0.15, 0.2) is 5.78 Å². The van der Waals surface area contributed by atoms with Crippen LogP contribution in [0.2, 0.25) is 0 Å². The number of fused-ring (bicyclic) bond motifs is 4. The van der Waals surface area contributed by atoms with E-state index in [1.54, 1.807) is 6.08 Å². The van der Waals surface area contributed by atoms with Gasteiger partial charge in [0.1, 0.15) is 0 Å². The van der Waals surface area contributed by atoms with Gasteiger partial charge < -0.3 is 5.11 Å². The summed E-state index contributed by atoms with van der Waals surface area (Å²) >= 11 is 0. The molecule has 1 heterocycles. The number of carbonyl (C=O) groups excluding carboxylic acids is 1. The smallest absolute Gasteiger partial charge is 0.178 e. The highest BCUT2D eigenvalue weighted by Gasteiger charge is 2.64. The Bertz CT molecular complexity index is 692. The topological polar surface area (TPSA) is 49.7 Å². The average Bonchev–Trinajstić information content (AvgIpc) is 3.05. The van der Waals surface area contributed by atoms with Crippen LogP contribution in [0.3, 0.4) is 0 Å². The maximum absolute atomic E-state index is 11.8. The van der Waals surface area contributed by atoms with Gasteiger partial charge in [0.25, 0.3) is 0 Å². The number of hydrogen-bond donors (Lipinski definition) is 1. The van der Waals surface area contributed by atoms with Gasteiger partial charge >= 0.3 is 0 Å². The van der Waals surface area contributed by atoms with E-state index in [0.29, 0.717) is 23.8 Å². The highest BCUT2D eigenvalue weighted by atomic mass is 16.3. The molecule has 0 radical (unpaired) electrons. The minimum absolute atomic E-state index is 0.111. The van der Waals surface area contributed by atoms with E-state index in [9.17, 15) is 9.90 Å². The molecule has 3 heteroatoms. The first-order chi connectivity index (χ1) is 11.5. The molecule has 3 saturated carbocycles. The molecule has 8 unspecified atom stereocenters. The van der Waals surface area contributed by atoms with Crippen molar-refractivity contribution >= 4 is 12.0 Å². The van der Waals surface area contributed by atoms with Crippen LogP contribution < -0.4 is 0 Å². The molecule has 0 aromatic heterocycles. The number of allylic oxidation sites excluding steroid dienone is 4. The zero-order valence-electron chi connectivity index (χ0n) is 14.6. The van der Waals surface area contributed by atoms with E-state index in [1.807, 2.05) is 6.08 Å². The fraction of sp³-hybridized carbons (Fsp3) is 0.714. The van der Waals surface area contributed by atoms with Crippen LogP contribution in [0.4, 0.5) is 0 Å². The predicted molar refractivity (Wildman–Crippen MR) is 93.8 cm³/mol. The Labute approximate surface area is 143 Å². The zero-order valence-corrected chi connectivity index (χ0v) is 14.6. The number of aliphatic hydroxyl groups excluding tert-OH is 1. The van der Waals surface area contributed by atoms with E-state index in [0.717, 1.165) is 19.3 Å². The van der Waals surface area contributed by atoms with Crippen molar-refractivity contribution in [1.29, 1.82) is 0 Å². The van der Waals surface area contributed by atoms with Crippen LogP contribution in [-0.2, 0) is 4.79 Å². The van der Waals surface area contributed by atoms with Crippen LogP contribution in [0.5, 0.6) is 0 Å². The average molecular weight is 325 g/mol. The lowest BCUT2D eigenvalue weighted by Gasteiger charge is -2.58. The Morgan fingerprint density at radius 2 is 2.04 bits per heavy atom. The first-order valence-corrected chi connectivity index (χ1v) is 9.62. The summed E-state index contributed by atoms with van der Waals surface area (Å²) < 4.78 is 0. The molecule has 1 spiro atoms. The molecule has 5 rings (SSSR count). The van der Waals surface area contributed by atoms with Crippen molar-refractivity contribution in [3.05, 3.63) is 23.8 Å². The molecule has 5 aliphatic rings. The fourth-order valence-electron chi connectivity index (χ4n) is 7.36. The molecule has 1 aliphatic heterocycles. The third-order valence-corrected chi connectivity index (χ3v) is 8.30. The van der Waals surface area contributed by atoms with E-state index in [4.69, 9.17) is 4.99 Å². The van der Waals surface area contributed by atoms with Crippen LogP contribution in [-0.4, -0.2) is 29.3 Å². The lowest BCUT2D eigenvalue weighted by Crippen LogP contribution is -2.56. The van der Waals surface area contributed by atoms with Crippen LogP contribution in [0.25, 0.3) is 0 Å². The number of ketones is 1. The molecule has 0 amide bonds. The normalized spacial score (nSPS) is 54.8. The Balaban J connectivity index is 1.57. The standard InChI is InChI=1S/C21H27NO2/c1-12-16-5-6-17-15-4-3-13-9-14(23)7-8-20(13,2)19(15)18(24)10-21(16,17)11-22-12/h7-9,11-12,15-19,24H,3-6,10H2,1-2H3. The van der Waals surface area contributed by atoms with Gasteiger partial charge in [-0.3, -0.25) is 9.79 Å². The maximum atomic E-state index is 11.8. The summed E-state index contributed by atoms with van der Waals surface area (Å²) in [6, 6.07) is 0.417. The fourth-order valence-corrected chi connectivity index (χ4v) is 7.36. The number of rotatable bonds is 0. The van der Waals surface area contributed by atoms with E-state index >= 15 is 0 Å². The SMILES string of the molecule is CC1N=CC23CC(O)C4C(CCC5=CC(=O)C=CC54C)C2CCC13. The Kier molecular flexibility index (Phi) is 2.94. The van der Waals surface area contributed by atoms with Gasteiger partial charge in [-0.05, 0) is 68.9 Å². The van der Waals surface area contributed by atoms with Crippen molar-refractivity contribution in [3.8, 4) is 0 Å². The number of carbonyl (C=O) groups is 1. The van der Waals surface area contributed by atoms with Crippen molar-refractivity contribution in [2.45, 2.75) is 58.1 Å². The highest BCUT2D eigenvalue weighted by Crippen LogP contribution is 2.67. The van der Waals surface area contributed by atoms with Gasteiger partial charge in [-0.2, -0.15) is 0 Å². The monoisotopic (exact) mass is 325 g/mol. The van der Waals surface area contributed by atoms with Crippen LogP contribution >= 0.6 is 0 Å². The molecule has 24 heavy (non-hydrogen) atoms. The summed E-state index contributed by atoms with van der Waals surface area (Å²) in [4.78, 5) is 16.6. The van der Waals surface area contributed by atoms with Gasteiger partial charge in [-0.15, -0.1) is 0 Å². The number of hydrogen-bond acceptors (Lipinski definition) is 3. The highest BCUT2D eigenvalue weighted by molar-refractivity contribution is 6.01. The van der Waals surface area contributed by atoms with Crippen molar-refractivity contribution < 1.29 is 9.90 Å². The van der Waals surface area contributed by atoms with Crippen LogP contribution in [0, 0.1) is 34.5 Å². The third kappa shape index (κ3) is 1.67. The van der Waals surface area contributed by atoms with Crippen LogP contribution in [0.1, 0.15) is 46.0 Å². The molecule has 0 aromatic carbocycles. The van der Waals surface area contributed by atoms with Crippen molar-refractivity contribution in [1.82, 2.24) is 0 Å². The first-order valence-electron chi connectivity index (χ1n) is 9.62. The zero-order chi connectivity index (χ0) is 16.7. The number of aliphatic hydroxyl groups is 1. The van der Waals surface area contributed by atoms with Crippen molar-refractivity contribution in [3.63, 3.8) is 0 Å². The molecular weight excluding hydrogens is 298 g/mol. The largest absolute Gasteiger partial charge is 0.393 e.